The van der Waals surface area contributed by atoms with Crippen molar-refractivity contribution < 1.29 is 38.4 Å². The number of aliphatic hydroxyl groups is 1. The minimum atomic E-state index is -1.30. The second-order valence-corrected chi connectivity index (χ2v) is 13.4. The van der Waals surface area contributed by atoms with Gasteiger partial charge < -0.3 is 28.8 Å². The second-order valence-electron chi connectivity index (χ2n) is 12.3. The van der Waals surface area contributed by atoms with Crippen LogP contribution in [0.15, 0.2) is 83.8 Å². The zero-order valence-electron chi connectivity index (χ0n) is 26.4. The number of ketones is 1. The summed E-state index contributed by atoms with van der Waals surface area (Å²) in [6, 6.07) is 24.2. The molecule has 0 saturated carbocycles. The molecular weight excluding hydrogens is 592 g/mol. The van der Waals surface area contributed by atoms with Crippen LogP contribution in [-0.2, 0) is 40.6 Å². The number of carbonyl (C=O) groups is 3. The summed E-state index contributed by atoms with van der Waals surface area (Å²) in [7, 11) is 0. The van der Waals surface area contributed by atoms with Gasteiger partial charge in [0.25, 0.3) is 0 Å². The number of esters is 2. The van der Waals surface area contributed by atoms with Crippen LogP contribution in [0.1, 0.15) is 67.6 Å². The third-order valence-corrected chi connectivity index (χ3v) is 8.84. The number of hydrogen-bond acceptors (Lipinski definition) is 9. The van der Waals surface area contributed by atoms with E-state index in [1.165, 1.54) is 18.7 Å². The molecule has 0 unspecified atom stereocenters. The van der Waals surface area contributed by atoms with Gasteiger partial charge in [-0.2, -0.15) is 0 Å². The molecule has 0 aromatic heterocycles. The molecule has 3 aromatic rings. The smallest absolute Gasteiger partial charge is 0.338 e. The van der Waals surface area contributed by atoms with Crippen LogP contribution in [0.25, 0.3) is 0 Å². The van der Waals surface area contributed by atoms with Gasteiger partial charge in [0.15, 0.2) is 6.10 Å². The van der Waals surface area contributed by atoms with E-state index in [0.29, 0.717) is 5.56 Å². The van der Waals surface area contributed by atoms with Crippen molar-refractivity contribution in [2.45, 2.75) is 94.2 Å². The summed E-state index contributed by atoms with van der Waals surface area (Å²) < 4.78 is 24.2. The Hall–Kier alpha value is -3.50. The van der Waals surface area contributed by atoms with E-state index < -0.39 is 41.8 Å². The Morgan fingerprint density at radius 1 is 0.911 bits per heavy atom. The molecular formula is C36H42O8S. The van der Waals surface area contributed by atoms with Crippen LogP contribution in [0.3, 0.4) is 0 Å². The molecule has 0 spiro atoms. The van der Waals surface area contributed by atoms with E-state index in [-0.39, 0.29) is 37.3 Å². The van der Waals surface area contributed by atoms with E-state index in [2.05, 4.69) is 32.9 Å². The molecule has 8 nitrogen and oxygen atoms in total. The van der Waals surface area contributed by atoms with Crippen molar-refractivity contribution in [3.05, 3.63) is 101 Å². The van der Waals surface area contributed by atoms with Gasteiger partial charge in [-0.15, -0.1) is 0 Å². The number of rotatable bonds is 12. The maximum atomic E-state index is 13.0. The van der Waals surface area contributed by atoms with E-state index in [1.54, 1.807) is 30.3 Å². The number of hydrogen-bond donors (Lipinski definition) is 1. The third kappa shape index (κ3) is 9.74. The van der Waals surface area contributed by atoms with Gasteiger partial charge in [0.1, 0.15) is 36.1 Å². The molecule has 0 aliphatic carbocycles. The molecule has 9 heteroatoms. The maximum Gasteiger partial charge on any atom is 0.338 e. The van der Waals surface area contributed by atoms with Gasteiger partial charge in [-0.3, -0.25) is 4.79 Å². The largest absolute Gasteiger partial charge is 0.459 e. The fourth-order valence-electron chi connectivity index (χ4n) is 4.83. The Bertz CT molecular complexity index is 1440. The van der Waals surface area contributed by atoms with E-state index >= 15 is 0 Å². The Labute approximate surface area is 269 Å². The van der Waals surface area contributed by atoms with Gasteiger partial charge in [0, 0.05) is 11.3 Å². The van der Waals surface area contributed by atoms with E-state index in [0.717, 1.165) is 21.6 Å². The monoisotopic (exact) mass is 634 g/mol. The summed E-state index contributed by atoms with van der Waals surface area (Å²) in [5.41, 5.74) is 2.41. The molecule has 5 atom stereocenters. The van der Waals surface area contributed by atoms with Gasteiger partial charge in [-0.25, -0.2) is 4.79 Å². The zero-order valence-corrected chi connectivity index (χ0v) is 27.3. The lowest BCUT2D eigenvalue weighted by Crippen LogP contribution is -2.60. The number of benzene rings is 3. The van der Waals surface area contributed by atoms with Crippen LogP contribution in [0.4, 0.5) is 0 Å². The van der Waals surface area contributed by atoms with Crippen LogP contribution < -0.4 is 0 Å². The van der Waals surface area contributed by atoms with Crippen LogP contribution in [0.5, 0.6) is 0 Å². The van der Waals surface area contributed by atoms with Crippen LogP contribution in [-0.4, -0.2) is 59.3 Å². The first-order valence-corrected chi connectivity index (χ1v) is 16.0. The third-order valence-electron chi connectivity index (χ3n) is 7.54. The predicted octanol–water partition coefficient (Wildman–Crippen LogP) is 6.19. The Morgan fingerprint density at radius 3 is 2.22 bits per heavy atom. The minimum absolute atomic E-state index is 0.0348. The first kappa shape index (κ1) is 34.4. The van der Waals surface area contributed by atoms with Crippen LogP contribution in [0, 0.1) is 6.92 Å². The van der Waals surface area contributed by atoms with Gasteiger partial charge in [0.2, 0.25) is 0 Å². The predicted molar refractivity (Wildman–Crippen MR) is 172 cm³/mol. The number of carbonyl (C=O) groups excluding carboxylic acids is 3. The molecule has 0 bridgehead atoms. The zero-order chi connectivity index (χ0) is 32.6. The van der Waals surface area contributed by atoms with Gasteiger partial charge in [-0.1, -0.05) is 93.2 Å². The first-order chi connectivity index (χ1) is 21.4. The fraction of sp³-hybridized carbons (Fsp3) is 0.417. The molecule has 45 heavy (non-hydrogen) atoms. The summed E-state index contributed by atoms with van der Waals surface area (Å²) >= 11 is 1.36. The highest BCUT2D eigenvalue weighted by atomic mass is 32.2. The number of aliphatic hydroxyl groups excluding tert-OH is 1. The molecule has 1 aliphatic heterocycles. The topological polar surface area (TPSA) is 108 Å². The summed E-state index contributed by atoms with van der Waals surface area (Å²) in [6.45, 7) is 9.68. The van der Waals surface area contributed by atoms with Crippen molar-refractivity contribution >= 4 is 29.5 Å². The molecule has 1 fully saturated rings. The number of aryl methyl sites for hydroxylation is 1. The summed E-state index contributed by atoms with van der Waals surface area (Å²) in [4.78, 5) is 38.3. The highest BCUT2D eigenvalue weighted by Gasteiger charge is 2.49. The fourth-order valence-corrected chi connectivity index (χ4v) is 6.07. The summed E-state index contributed by atoms with van der Waals surface area (Å²) in [6.07, 6.45) is -4.42. The lowest BCUT2D eigenvalue weighted by Gasteiger charge is -2.43. The molecule has 0 amide bonds. The van der Waals surface area contributed by atoms with Crippen LogP contribution >= 0.6 is 11.8 Å². The SMILES string of the molecule is CC(=O)CCC(=O)O[C@@H]1[C@@H](OCc2ccccc2)[C@H](O)[C@@H](COC(=O)c2ccccc2)O[C@H]1Sc1cc(C(C)(C)C)ccc1C. The maximum absolute atomic E-state index is 13.0. The Balaban J connectivity index is 1.66. The molecule has 1 N–H and O–H groups in total. The van der Waals surface area contributed by atoms with Crippen LogP contribution in [0.2, 0.25) is 0 Å². The molecule has 0 radical (unpaired) electrons. The summed E-state index contributed by atoms with van der Waals surface area (Å²) in [5, 5.41) is 11.6. The van der Waals surface area contributed by atoms with E-state index in [4.69, 9.17) is 18.9 Å². The first-order valence-electron chi connectivity index (χ1n) is 15.1. The van der Waals surface area contributed by atoms with Crippen molar-refractivity contribution in [1.82, 2.24) is 0 Å². The number of thioether (sulfide) groups is 1. The summed E-state index contributed by atoms with van der Waals surface area (Å²) in [5.74, 6) is -1.28. The van der Waals surface area contributed by atoms with E-state index in [9.17, 15) is 19.5 Å². The van der Waals surface area contributed by atoms with E-state index in [1.807, 2.05) is 43.3 Å². The molecule has 1 aliphatic rings. The van der Waals surface area contributed by atoms with Gasteiger partial charge >= 0.3 is 11.9 Å². The van der Waals surface area contributed by atoms with Crippen molar-refractivity contribution in [3.63, 3.8) is 0 Å². The molecule has 4 rings (SSSR count). The lowest BCUT2D eigenvalue weighted by atomic mass is 9.87. The number of ether oxygens (including phenoxy) is 4. The average Bonchev–Trinajstić information content (AvgIpc) is 3.01. The van der Waals surface area contributed by atoms with Crippen molar-refractivity contribution in [3.8, 4) is 0 Å². The molecule has 1 saturated heterocycles. The average molecular weight is 635 g/mol. The Morgan fingerprint density at radius 2 is 1.58 bits per heavy atom. The number of Topliss-reactive ketones (excluding diaryl/α,β-unsaturated/α-hetero) is 1. The highest BCUT2D eigenvalue weighted by molar-refractivity contribution is 7.99. The highest BCUT2D eigenvalue weighted by Crippen LogP contribution is 2.39. The quantitative estimate of drug-likeness (QED) is 0.233. The van der Waals surface area contributed by atoms with Gasteiger partial charge in [-0.05, 0) is 54.2 Å². The van der Waals surface area contributed by atoms with Crippen molar-refractivity contribution in [2.75, 3.05) is 6.61 Å². The van der Waals surface area contributed by atoms with Gasteiger partial charge in [0.05, 0.1) is 18.6 Å². The molecule has 3 aromatic carbocycles. The normalized spacial score (nSPS) is 21.6. The Kier molecular flexibility index (Phi) is 12.0. The molecule has 240 valence electrons. The van der Waals surface area contributed by atoms with Crippen molar-refractivity contribution in [2.24, 2.45) is 0 Å². The lowest BCUT2D eigenvalue weighted by molar-refractivity contribution is -0.233. The second kappa shape index (κ2) is 15.7. The molecule has 1 heterocycles. The standard InChI is InChI=1S/C36H42O8S/c1-23-16-18-27(36(3,4)5)20-29(23)45-35-33(44-30(38)19-17-24(2)37)32(41-21-25-12-8-6-9-13-25)31(39)28(43-35)22-42-34(40)26-14-10-7-11-15-26/h6-16,18,20,28,31-33,35,39H,17,19,21-22H2,1-5H3/t28-,31-,32+,33-,35+/m1/s1. The minimum Gasteiger partial charge on any atom is -0.459 e. The van der Waals surface area contributed by atoms with Crippen molar-refractivity contribution in [1.29, 1.82) is 0 Å².